The first-order valence-corrected chi connectivity index (χ1v) is 6.29. The van der Waals surface area contributed by atoms with Crippen molar-refractivity contribution in [2.45, 2.75) is 6.54 Å². The van der Waals surface area contributed by atoms with Crippen LogP contribution in [0, 0.1) is 0 Å². The molecule has 0 aliphatic carbocycles. The number of fused-ring (bicyclic) bond motifs is 1. The van der Waals surface area contributed by atoms with Crippen LogP contribution in [-0.4, -0.2) is 35.8 Å². The van der Waals surface area contributed by atoms with Gasteiger partial charge in [-0.1, -0.05) is 0 Å². The van der Waals surface area contributed by atoms with Gasteiger partial charge in [0.15, 0.2) is 17.4 Å². The van der Waals surface area contributed by atoms with Crippen LogP contribution in [0.25, 0.3) is 0 Å². The molecule has 0 atom stereocenters. The second-order valence-electron chi connectivity index (χ2n) is 4.60. The van der Waals surface area contributed by atoms with Crippen molar-refractivity contribution >= 4 is 17.7 Å². The number of nitrogens with one attached hydrogen (secondary N) is 1. The molecule has 0 radical (unpaired) electrons. The first-order chi connectivity index (χ1) is 10.1. The molecule has 0 saturated carbocycles. The van der Waals surface area contributed by atoms with Gasteiger partial charge in [-0.15, -0.1) is 0 Å². The van der Waals surface area contributed by atoms with Gasteiger partial charge in [0, 0.05) is 17.7 Å². The number of H-pyrrole nitrogens is 1. The molecule has 1 aliphatic rings. The zero-order valence-corrected chi connectivity index (χ0v) is 11.6. The van der Waals surface area contributed by atoms with Crippen LogP contribution in [0.4, 0.5) is 11.4 Å². The van der Waals surface area contributed by atoms with Gasteiger partial charge in [0.2, 0.25) is 5.88 Å². The van der Waals surface area contributed by atoms with Crippen molar-refractivity contribution in [2.24, 2.45) is 4.99 Å². The minimum absolute atomic E-state index is 0.103. The van der Waals surface area contributed by atoms with Crippen molar-refractivity contribution in [3.05, 3.63) is 23.8 Å². The summed E-state index contributed by atoms with van der Waals surface area (Å²) >= 11 is 0. The summed E-state index contributed by atoms with van der Waals surface area (Å²) in [6, 6.07) is 5.09. The highest BCUT2D eigenvalue weighted by molar-refractivity contribution is 5.86. The summed E-state index contributed by atoms with van der Waals surface area (Å²) in [4.78, 5) is 8.50. The van der Waals surface area contributed by atoms with Gasteiger partial charge >= 0.3 is 0 Å². The standard InChI is InChI=1S/C14H15N3O4/c1-20-11-3-8-6-17(10-5-13(18)16-14(10)19)7-15-9(8)4-12(11)21-2/h3-5,7,16,18-19H,6H2,1-2H3. The molecule has 7 nitrogen and oxygen atoms in total. The minimum Gasteiger partial charge on any atom is -0.494 e. The molecular formula is C14H15N3O4. The Balaban J connectivity index is 1.98. The second-order valence-corrected chi connectivity index (χ2v) is 4.60. The van der Waals surface area contributed by atoms with Crippen LogP contribution < -0.4 is 14.4 Å². The molecule has 0 spiro atoms. The Kier molecular flexibility index (Phi) is 3.09. The Hall–Kier alpha value is -2.83. The number of aliphatic imine (C=N–C) groups is 1. The van der Waals surface area contributed by atoms with E-state index in [4.69, 9.17) is 9.47 Å². The Labute approximate surface area is 121 Å². The molecule has 1 aliphatic heterocycles. The lowest BCUT2D eigenvalue weighted by molar-refractivity contribution is 0.354. The van der Waals surface area contributed by atoms with Crippen LogP contribution in [0.1, 0.15) is 5.56 Å². The molecular weight excluding hydrogens is 274 g/mol. The maximum absolute atomic E-state index is 9.75. The zero-order chi connectivity index (χ0) is 15.0. The quantitative estimate of drug-likeness (QED) is 0.805. The van der Waals surface area contributed by atoms with Gasteiger partial charge in [-0.25, -0.2) is 4.99 Å². The maximum Gasteiger partial charge on any atom is 0.215 e. The fourth-order valence-electron chi connectivity index (χ4n) is 2.30. The Morgan fingerprint density at radius 1 is 1.14 bits per heavy atom. The van der Waals surface area contributed by atoms with E-state index in [-0.39, 0.29) is 11.8 Å². The summed E-state index contributed by atoms with van der Waals surface area (Å²) in [6.45, 7) is 0.490. The molecule has 2 aromatic rings. The number of aromatic hydroxyl groups is 2. The lowest BCUT2D eigenvalue weighted by Crippen LogP contribution is -2.22. The molecule has 110 valence electrons. The molecule has 0 unspecified atom stereocenters. The van der Waals surface area contributed by atoms with Crippen molar-refractivity contribution in [1.29, 1.82) is 0 Å². The van der Waals surface area contributed by atoms with E-state index in [1.165, 1.54) is 6.07 Å². The number of aromatic amines is 1. The molecule has 7 heteroatoms. The Morgan fingerprint density at radius 2 is 1.86 bits per heavy atom. The largest absolute Gasteiger partial charge is 0.494 e. The molecule has 21 heavy (non-hydrogen) atoms. The van der Waals surface area contributed by atoms with Gasteiger partial charge in [-0.05, 0) is 6.07 Å². The molecule has 0 saturated heterocycles. The number of aromatic nitrogens is 1. The van der Waals surface area contributed by atoms with Crippen molar-refractivity contribution in [2.75, 3.05) is 19.1 Å². The van der Waals surface area contributed by atoms with Crippen LogP contribution in [-0.2, 0) is 6.54 Å². The van der Waals surface area contributed by atoms with Crippen LogP contribution in [0.2, 0.25) is 0 Å². The van der Waals surface area contributed by atoms with Crippen molar-refractivity contribution in [3.63, 3.8) is 0 Å². The highest BCUT2D eigenvalue weighted by Crippen LogP contribution is 2.39. The predicted octanol–water partition coefficient (Wildman–Crippen LogP) is 2.12. The van der Waals surface area contributed by atoms with Crippen molar-refractivity contribution in [1.82, 2.24) is 4.98 Å². The Bertz CT molecular complexity index is 708. The lowest BCUT2D eigenvalue weighted by Gasteiger charge is -2.24. The van der Waals surface area contributed by atoms with Gasteiger partial charge in [0.05, 0.1) is 32.8 Å². The van der Waals surface area contributed by atoms with Crippen LogP contribution >= 0.6 is 0 Å². The van der Waals surface area contributed by atoms with Crippen LogP contribution in [0.15, 0.2) is 23.2 Å². The minimum atomic E-state index is -0.108. The number of ether oxygens (including phenoxy) is 2. The number of nitrogens with zero attached hydrogens (tertiary/aromatic N) is 2. The zero-order valence-electron chi connectivity index (χ0n) is 11.6. The van der Waals surface area contributed by atoms with E-state index in [1.54, 1.807) is 31.5 Å². The van der Waals surface area contributed by atoms with Crippen molar-refractivity contribution < 1.29 is 19.7 Å². The van der Waals surface area contributed by atoms with E-state index in [0.717, 1.165) is 11.3 Å². The lowest BCUT2D eigenvalue weighted by atomic mass is 10.1. The topological polar surface area (TPSA) is 90.3 Å². The van der Waals surface area contributed by atoms with Gasteiger partial charge in [0.25, 0.3) is 0 Å². The molecule has 1 aromatic heterocycles. The number of hydrogen-bond donors (Lipinski definition) is 3. The number of hydrogen-bond acceptors (Lipinski definition) is 6. The normalized spacial score (nSPS) is 13.1. The summed E-state index contributed by atoms with van der Waals surface area (Å²) in [7, 11) is 3.15. The smallest absolute Gasteiger partial charge is 0.215 e. The predicted molar refractivity (Wildman–Crippen MR) is 78.0 cm³/mol. The van der Waals surface area contributed by atoms with Crippen LogP contribution in [0.5, 0.6) is 23.3 Å². The third-order valence-electron chi connectivity index (χ3n) is 3.33. The molecule has 3 N–H and O–H groups in total. The summed E-state index contributed by atoms with van der Waals surface area (Å²) in [5.74, 6) is 1.02. The van der Waals surface area contributed by atoms with Gasteiger partial charge in [-0.2, -0.15) is 0 Å². The van der Waals surface area contributed by atoms with Crippen molar-refractivity contribution in [3.8, 4) is 23.3 Å². The molecule has 3 rings (SSSR count). The molecule has 0 amide bonds. The van der Waals surface area contributed by atoms with Gasteiger partial charge in [-0.3, -0.25) is 4.98 Å². The highest BCUT2D eigenvalue weighted by Gasteiger charge is 2.20. The van der Waals surface area contributed by atoms with Gasteiger partial charge < -0.3 is 24.6 Å². The summed E-state index contributed by atoms with van der Waals surface area (Å²) in [5.41, 5.74) is 2.16. The third-order valence-corrected chi connectivity index (χ3v) is 3.33. The van der Waals surface area contributed by atoms with E-state index >= 15 is 0 Å². The monoisotopic (exact) mass is 289 g/mol. The van der Waals surface area contributed by atoms with Gasteiger partial charge in [0.1, 0.15) is 5.69 Å². The van der Waals surface area contributed by atoms with Crippen LogP contribution in [0.3, 0.4) is 0 Å². The van der Waals surface area contributed by atoms with E-state index in [2.05, 4.69) is 9.98 Å². The number of benzene rings is 1. The SMILES string of the molecule is COc1cc2c(cc1OC)N=CN(c1cc(O)[nH]c1O)C2. The molecule has 2 heterocycles. The number of rotatable bonds is 3. The average molecular weight is 289 g/mol. The Morgan fingerprint density at radius 3 is 2.48 bits per heavy atom. The average Bonchev–Trinajstić information content (AvgIpc) is 2.83. The maximum atomic E-state index is 9.75. The molecule has 1 aromatic carbocycles. The third kappa shape index (κ3) is 2.22. The van der Waals surface area contributed by atoms with E-state index in [9.17, 15) is 10.2 Å². The summed E-state index contributed by atoms with van der Waals surface area (Å²) in [6.07, 6.45) is 1.59. The highest BCUT2D eigenvalue weighted by atomic mass is 16.5. The fraction of sp³-hybridized carbons (Fsp3) is 0.214. The number of methoxy groups -OCH3 is 2. The number of anilines is 1. The summed E-state index contributed by atoms with van der Waals surface area (Å²) in [5, 5.41) is 19.1. The van der Waals surface area contributed by atoms with E-state index in [0.29, 0.717) is 23.7 Å². The van der Waals surface area contributed by atoms with E-state index in [1.807, 2.05) is 6.07 Å². The first-order valence-electron chi connectivity index (χ1n) is 6.29. The first kappa shape index (κ1) is 13.2. The molecule has 0 bridgehead atoms. The van der Waals surface area contributed by atoms with E-state index < -0.39 is 0 Å². The second kappa shape index (κ2) is 4.93. The summed E-state index contributed by atoms with van der Waals surface area (Å²) < 4.78 is 10.5. The fourth-order valence-corrected chi connectivity index (χ4v) is 2.30. The molecule has 0 fully saturated rings.